The van der Waals surface area contributed by atoms with Gasteiger partial charge in [-0.3, -0.25) is 0 Å². The first-order valence-electron chi connectivity index (χ1n) is 7.29. The molecule has 0 atom stereocenters. The molecule has 0 unspecified atom stereocenters. The molecule has 25 heavy (non-hydrogen) atoms. The van der Waals surface area contributed by atoms with Crippen molar-refractivity contribution in [1.82, 2.24) is 0 Å². The SMILES string of the molecule is [Ni].[S-]c1ccc2ccccc2c1[S-].[S-]c1ccc2ccccc2c1[S-]. The van der Waals surface area contributed by atoms with E-state index in [0.29, 0.717) is 0 Å². The Morgan fingerprint density at radius 3 is 1.20 bits per heavy atom. The molecule has 0 nitrogen and oxygen atoms in total. The van der Waals surface area contributed by atoms with Crippen molar-refractivity contribution in [3.63, 3.8) is 0 Å². The minimum atomic E-state index is 0. The van der Waals surface area contributed by atoms with Crippen LogP contribution in [-0.4, -0.2) is 0 Å². The quantitative estimate of drug-likeness (QED) is 0.269. The molecule has 4 aromatic rings. The predicted octanol–water partition coefficient (Wildman–Crippen LogP) is 5.30. The van der Waals surface area contributed by atoms with Gasteiger partial charge < -0.3 is 50.5 Å². The van der Waals surface area contributed by atoms with Gasteiger partial charge in [0.05, 0.1) is 0 Å². The van der Waals surface area contributed by atoms with Gasteiger partial charge in [-0.25, -0.2) is 0 Å². The Labute approximate surface area is 180 Å². The summed E-state index contributed by atoms with van der Waals surface area (Å²) >= 11 is 20.5. The van der Waals surface area contributed by atoms with Gasteiger partial charge in [0.15, 0.2) is 0 Å². The molecule has 0 N–H and O–H groups in total. The van der Waals surface area contributed by atoms with E-state index in [1.54, 1.807) is 0 Å². The number of hydrogen-bond acceptors (Lipinski definition) is 4. The third-order valence-corrected chi connectivity index (χ3v) is 5.51. The van der Waals surface area contributed by atoms with E-state index in [2.05, 4.69) is 0 Å². The third-order valence-electron chi connectivity index (χ3n) is 3.69. The zero-order chi connectivity index (χ0) is 17.1. The second kappa shape index (κ2) is 8.93. The summed E-state index contributed by atoms with van der Waals surface area (Å²) in [5, 5.41) is 4.49. The monoisotopic (exact) mass is 438 g/mol. The van der Waals surface area contributed by atoms with Crippen LogP contribution < -0.4 is 0 Å². The van der Waals surface area contributed by atoms with Gasteiger partial charge in [-0.1, -0.05) is 72.8 Å². The van der Waals surface area contributed by atoms with Crippen LogP contribution in [0.2, 0.25) is 0 Å². The normalized spacial score (nSPS) is 9.92. The van der Waals surface area contributed by atoms with Crippen molar-refractivity contribution >= 4 is 72.1 Å². The van der Waals surface area contributed by atoms with E-state index in [1.807, 2.05) is 72.8 Å². The molecule has 0 aliphatic carbocycles. The van der Waals surface area contributed by atoms with Crippen LogP contribution in [-0.2, 0) is 67.0 Å². The van der Waals surface area contributed by atoms with E-state index in [9.17, 15) is 0 Å². The van der Waals surface area contributed by atoms with Crippen molar-refractivity contribution in [1.29, 1.82) is 0 Å². The van der Waals surface area contributed by atoms with Gasteiger partial charge in [0.2, 0.25) is 0 Å². The fourth-order valence-corrected chi connectivity index (χ4v) is 3.31. The Balaban J connectivity index is 0.000000173. The molecule has 4 aromatic carbocycles. The molecular formula is C20H12NiS4-4. The van der Waals surface area contributed by atoms with Crippen LogP contribution in [0.5, 0.6) is 0 Å². The number of hydrogen-bond donors (Lipinski definition) is 0. The molecule has 0 heterocycles. The molecule has 0 saturated heterocycles. The molecule has 0 aliphatic rings. The summed E-state index contributed by atoms with van der Waals surface area (Å²) in [6, 6.07) is 23.8. The summed E-state index contributed by atoms with van der Waals surface area (Å²) in [7, 11) is 0. The molecule has 5 heteroatoms. The average molecular weight is 439 g/mol. The van der Waals surface area contributed by atoms with Crippen molar-refractivity contribution in [2.45, 2.75) is 19.6 Å². The zero-order valence-corrected chi connectivity index (χ0v) is 17.1. The van der Waals surface area contributed by atoms with E-state index in [-0.39, 0.29) is 16.5 Å². The van der Waals surface area contributed by atoms with Crippen LogP contribution in [0, 0.1) is 0 Å². The topological polar surface area (TPSA) is 0 Å². The summed E-state index contributed by atoms with van der Waals surface area (Å²) in [6.07, 6.45) is 0. The maximum atomic E-state index is 5.19. The molecule has 0 radical (unpaired) electrons. The largest absolute Gasteiger partial charge is 0.781 e. The average Bonchev–Trinajstić information content (AvgIpc) is 2.62. The maximum absolute atomic E-state index is 5.19. The van der Waals surface area contributed by atoms with Gasteiger partial charge in [0, 0.05) is 16.5 Å². The minimum Gasteiger partial charge on any atom is -0.781 e. The van der Waals surface area contributed by atoms with Crippen LogP contribution in [0.3, 0.4) is 0 Å². The van der Waals surface area contributed by atoms with Crippen molar-refractivity contribution in [2.75, 3.05) is 0 Å². The number of rotatable bonds is 0. The molecule has 0 saturated carbocycles. The number of fused-ring (bicyclic) bond motifs is 2. The Hall–Kier alpha value is -1.23. The van der Waals surface area contributed by atoms with Crippen LogP contribution in [0.15, 0.2) is 92.4 Å². The van der Waals surface area contributed by atoms with Gasteiger partial charge in [0.1, 0.15) is 0 Å². The van der Waals surface area contributed by atoms with Gasteiger partial charge in [-0.15, -0.1) is 0 Å². The second-order valence-electron chi connectivity index (χ2n) is 5.23. The van der Waals surface area contributed by atoms with Crippen molar-refractivity contribution in [3.8, 4) is 0 Å². The summed E-state index contributed by atoms with van der Waals surface area (Å²) in [4.78, 5) is 3.12. The molecule has 0 fully saturated rings. The second-order valence-corrected chi connectivity index (χ2v) is 6.92. The Morgan fingerprint density at radius 2 is 0.800 bits per heavy atom. The molecule has 4 rings (SSSR count). The standard InChI is InChI=1S/2C10H8S2.Ni/c2*11-9-6-5-7-3-1-2-4-8(7)10(9)12;/h2*1-6,11-12H;/p-4. The molecule has 0 aromatic heterocycles. The summed E-state index contributed by atoms with van der Waals surface area (Å²) in [6.45, 7) is 0. The van der Waals surface area contributed by atoms with E-state index in [4.69, 9.17) is 50.5 Å². The fraction of sp³-hybridized carbons (Fsp3) is 0. The predicted molar refractivity (Wildman–Crippen MR) is 110 cm³/mol. The molecule has 0 amide bonds. The van der Waals surface area contributed by atoms with E-state index in [1.165, 1.54) is 0 Å². The molecule has 130 valence electrons. The van der Waals surface area contributed by atoms with Crippen LogP contribution >= 0.6 is 0 Å². The van der Waals surface area contributed by atoms with Gasteiger partial charge >= 0.3 is 0 Å². The summed E-state index contributed by atoms with van der Waals surface area (Å²) in [5.41, 5.74) is 0. The molecule has 0 spiro atoms. The van der Waals surface area contributed by atoms with Crippen molar-refractivity contribution < 1.29 is 16.5 Å². The number of benzene rings is 4. The first kappa shape index (κ1) is 20.1. The first-order valence-corrected chi connectivity index (χ1v) is 8.93. The Morgan fingerprint density at radius 1 is 0.440 bits per heavy atom. The minimum absolute atomic E-state index is 0. The summed E-state index contributed by atoms with van der Waals surface area (Å²) < 4.78 is 0. The Kier molecular flexibility index (Phi) is 7.18. The Bertz CT molecular complexity index is 932. The zero-order valence-electron chi connectivity index (χ0n) is 12.9. The van der Waals surface area contributed by atoms with E-state index >= 15 is 0 Å². The van der Waals surface area contributed by atoms with Gasteiger partial charge in [0.25, 0.3) is 0 Å². The van der Waals surface area contributed by atoms with Gasteiger partial charge in [-0.05, 0) is 21.5 Å². The van der Waals surface area contributed by atoms with Crippen LogP contribution in [0.1, 0.15) is 0 Å². The van der Waals surface area contributed by atoms with Crippen molar-refractivity contribution in [3.05, 3.63) is 72.8 Å². The van der Waals surface area contributed by atoms with E-state index < -0.39 is 0 Å². The third kappa shape index (κ3) is 4.49. The molecule has 0 aliphatic heterocycles. The first-order chi connectivity index (χ1) is 11.6. The summed E-state index contributed by atoms with van der Waals surface area (Å²) in [5.74, 6) is 0. The van der Waals surface area contributed by atoms with Gasteiger partial charge in [-0.2, -0.15) is 19.6 Å². The maximum Gasteiger partial charge on any atom is 0 e. The smallest absolute Gasteiger partial charge is 0 e. The van der Waals surface area contributed by atoms with Crippen molar-refractivity contribution in [2.24, 2.45) is 0 Å². The molecule has 0 bridgehead atoms. The van der Waals surface area contributed by atoms with Crippen LogP contribution in [0.25, 0.3) is 21.5 Å². The van der Waals surface area contributed by atoms with E-state index in [0.717, 1.165) is 41.1 Å². The fourth-order valence-electron chi connectivity index (χ4n) is 2.45. The van der Waals surface area contributed by atoms with Crippen LogP contribution in [0.4, 0.5) is 0 Å². The molecular weight excluding hydrogens is 427 g/mol.